The van der Waals surface area contributed by atoms with Gasteiger partial charge in [-0.15, -0.1) is 0 Å². The minimum Gasteiger partial charge on any atom is -0.465 e. The molecule has 5 rings (SSSR count). The molecule has 1 aromatic carbocycles. The van der Waals surface area contributed by atoms with Gasteiger partial charge in [0.25, 0.3) is 5.56 Å². The Morgan fingerprint density at radius 3 is 2.61 bits per heavy atom. The normalized spacial score (nSPS) is 18.7. The first-order valence-electron chi connectivity index (χ1n) is 12.3. The Morgan fingerprint density at radius 2 is 1.97 bits per heavy atom. The predicted octanol–water partition coefficient (Wildman–Crippen LogP) is 3.15. The highest BCUT2D eigenvalue weighted by molar-refractivity contribution is 7.89. The van der Waals surface area contributed by atoms with Gasteiger partial charge < -0.3 is 20.3 Å². The number of hydrogen-bond acceptors (Lipinski definition) is 7. The van der Waals surface area contributed by atoms with Gasteiger partial charge in [-0.2, -0.15) is 14.7 Å². The van der Waals surface area contributed by atoms with E-state index >= 15 is 0 Å². The topological polar surface area (TPSA) is 164 Å². The van der Waals surface area contributed by atoms with Gasteiger partial charge in [0.2, 0.25) is 10.0 Å². The Kier molecular flexibility index (Phi) is 6.00. The summed E-state index contributed by atoms with van der Waals surface area (Å²) in [4.78, 5) is 28.6. The number of aromatic nitrogens is 3. The molecule has 2 aliphatic heterocycles. The zero-order valence-corrected chi connectivity index (χ0v) is 22.2. The number of nitriles is 1. The number of amides is 1. The molecule has 4 heterocycles. The molecule has 0 spiro atoms. The summed E-state index contributed by atoms with van der Waals surface area (Å²) in [6, 6.07) is 8.88. The molecule has 38 heavy (non-hydrogen) atoms. The van der Waals surface area contributed by atoms with Gasteiger partial charge in [-0.25, -0.2) is 13.2 Å². The summed E-state index contributed by atoms with van der Waals surface area (Å²) < 4.78 is 29.2. The summed E-state index contributed by atoms with van der Waals surface area (Å²) in [5.74, 6) is 0.272. The van der Waals surface area contributed by atoms with E-state index in [1.807, 2.05) is 20.8 Å². The van der Waals surface area contributed by atoms with Crippen molar-refractivity contribution in [2.24, 2.45) is 0 Å². The third-order valence-electron chi connectivity index (χ3n) is 7.38. The number of carbonyl (C=O) groups is 1. The minimum atomic E-state index is -3.62. The van der Waals surface area contributed by atoms with Crippen molar-refractivity contribution in [2.75, 3.05) is 18.4 Å². The second kappa shape index (κ2) is 8.85. The summed E-state index contributed by atoms with van der Waals surface area (Å²) in [5, 5.41) is 27.3. The second-order valence-electron chi connectivity index (χ2n) is 10.8. The van der Waals surface area contributed by atoms with Crippen LogP contribution >= 0.6 is 0 Å². The molecule has 1 fully saturated rings. The van der Waals surface area contributed by atoms with E-state index in [0.717, 1.165) is 0 Å². The number of fused-ring (bicyclic) bond motifs is 2. The van der Waals surface area contributed by atoms with E-state index in [1.165, 1.54) is 15.4 Å². The zero-order valence-electron chi connectivity index (χ0n) is 21.4. The highest BCUT2D eigenvalue weighted by Crippen LogP contribution is 2.39. The van der Waals surface area contributed by atoms with E-state index in [4.69, 9.17) is 5.10 Å². The van der Waals surface area contributed by atoms with Crippen LogP contribution in [0.1, 0.15) is 45.6 Å². The van der Waals surface area contributed by atoms with Crippen LogP contribution in [0.2, 0.25) is 0 Å². The Morgan fingerprint density at radius 1 is 1.26 bits per heavy atom. The van der Waals surface area contributed by atoms with Crippen molar-refractivity contribution in [1.82, 2.24) is 24.0 Å². The fraction of sp³-hybridized carbons (Fsp3) is 0.440. The lowest BCUT2D eigenvalue weighted by atomic mass is 9.85. The van der Waals surface area contributed by atoms with Gasteiger partial charge in [0, 0.05) is 37.1 Å². The van der Waals surface area contributed by atoms with Crippen molar-refractivity contribution in [1.29, 1.82) is 5.26 Å². The number of carboxylic acid groups (broad SMARTS) is 1. The summed E-state index contributed by atoms with van der Waals surface area (Å²) in [7, 11) is -3.62. The first-order valence-corrected chi connectivity index (χ1v) is 13.7. The molecule has 0 bridgehead atoms. The number of hydrogen-bond donors (Lipinski definition) is 3. The smallest absolute Gasteiger partial charge is 0.407 e. The average Bonchev–Trinajstić information content (AvgIpc) is 3.35. The Balaban J connectivity index is 1.56. The lowest BCUT2D eigenvalue weighted by Crippen LogP contribution is -2.48. The number of likely N-dealkylation sites (tertiary alicyclic amines) is 1. The molecule has 0 unspecified atom stereocenters. The maximum atomic E-state index is 13.0. The number of rotatable bonds is 4. The number of anilines is 2. The molecule has 2 aromatic heterocycles. The monoisotopic (exact) mass is 539 g/mol. The number of nitrogens with zero attached hydrogens (tertiary/aromatic N) is 5. The van der Waals surface area contributed by atoms with Crippen LogP contribution in [0.15, 0.2) is 40.2 Å². The largest absolute Gasteiger partial charge is 0.465 e. The molecule has 2 aliphatic rings. The minimum absolute atomic E-state index is 0.100. The molecule has 3 N–H and O–H groups in total. The number of benzene rings is 1. The van der Waals surface area contributed by atoms with E-state index in [0.29, 0.717) is 35.0 Å². The van der Waals surface area contributed by atoms with Crippen molar-refractivity contribution < 1.29 is 18.3 Å². The predicted molar refractivity (Wildman–Crippen MR) is 140 cm³/mol. The second-order valence-corrected chi connectivity index (χ2v) is 12.6. The first kappa shape index (κ1) is 25.7. The van der Waals surface area contributed by atoms with Gasteiger partial charge in [0.15, 0.2) is 5.82 Å². The van der Waals surface area contributed by atoms with Crippen molar-refractivity contribution in [3.8, 4) is 6.07 Å². The average molecular weight is 540 g/mol. The Hall–Kier alpha value is -3.89. The zero-order chi connectivity index (χ0) is 27.5. The van der Waals surface area contributed by atoms with Crippen LogP contribution in [-0.2, 0) is 22.1 Å². The molecule has 1 amide bonds. The third-order valence-corrected chi connectivity index (χ3v) is 9.59. The summed E-state index contributed by atoms with van der Waals surface area (Å²) in [6.45, 7) is 6.26. The van der Waals surface area contributed by atoms with Crippen molar-refractivity contribution in [3.63, 3.8) is 0 Å². The van der Waals surface area contributed by atoms with Crippen molar-refractivity contribution in [3.05, 3.63) is 46.4 Å². The van der Waals surface area contributed by atoms with Gasteiger partial charge in [-0.05, 0) is 63.4 Å². The SMILES string of the molecule is CC(C)(C)N1Cc2cc(Nc3nn(C4(CC#N)CCN(C(=O)O)CC4)c4cc[nH]c(=O)c34)ccc2S1(=O)=O. The number of sulfonamides is 1. The maximum Gasteiger partial charge on any atom is 0.407 e. The van der Waals surface area contributed by atoms with Crippen LogP contribution in [0.25, 0.3) is 10.9 Å². The van der Waals surface area contributed by atoms with Gasteiger partial charge in [-0.1, -0.05) is 0 Å². The molecular weight excluding hydrogens is 510 g/mol. The number of H-pyrrole nitrogens is 1. The highest BCUT2D eigenvalue weighted by atomic mass is 32.2. The molecule has 200 valence electrons. The highest BCUT2D eigenvalue weighted by Gasteiger charge is 2.42. The maximum absolute atomic E-state index is 13.0. The van der Waals surface area contributed by atoms with Crippen LogP contribution in [0.4, 0.5) is 16.3 Å². The van der Waals surface area contributed by atoms with Gasteiger partial charge in [0.1, 0.15) is 5.39 Å². The Labute approximate surface area is 219 Å². The third kappa shape index (κ3) is 4.10. The van der Waals surface area contributed by atoms with E-state index in [9.17, 15) is 28.4 Å². The number of piperidine rings is 1. The molecule has 12 nitrogen and oxygen atoms in total. The van der Waals surface area contributed by atoms with Crippen LogP contribution in [0.5, 0.6) is 0 Å². The van der Waals surface area contributed by atoms with Gasteiger partial charge in [0.05, 0.1) is 28.4 Å². The van der Waals surface area contributed by atoms with Crippen LogP contribution in [0.3, 0.4) is 0 Å². The molecule has 3 aromatic rings. The molecule has 0 aliphatic carbocycles. The van der Waals surface area contributed by atoms with Crippen LogP contribution in [0, 0.1) is 11.3 Å². The van der Waals surface area contributed by atoms with E-state index in [2.05, 4.69) is 16.4 Å². The lowest BCUT2D eigenvalue weighted by molar-refractivity contribution is 0.0912. The van der Waals surface area contributed by atoms with E-state index in [-0.39, 0.29) is 42.3 Å². The standard InChI is InChI=1S/C25H29N7O5S/c1-24(2,3)31-15-16-14-17(4-5-19(16)38(31,36)37)28-21-20-18(6-11-27-22(20)33)32(29-21)25(7-10-26)8-12-30(13-9-25)23(34)35/h4-6,11,14H,7-9,12-13,15H2,1-3H3,(H,27,33)(H,28,29)(H,34,35). The van der Waals surface area contributed by atoms with Crippen LogP contribution in [-0.4, -0.2) is 62.2 Å². The van der Waals surface area contributed by atoms with E-state index in [1.54, 1.807) is 28.9 Å². The quantitative estimate of drug-likeness (QED) is 0.455. The van der Waals surface area contributed by atoms with E-state index < -0.39 is 27.2 Å². The molecular formula is C25H29N7O5S. The molecule has 13 heteroatoms. The lowest BCUT2D eigenvalue weighted by Gasteiger charge is -2.40. The molecule has 0 saturated carbocycles. The fourth-order valence-electron chi connectivity index (χ4n) is 5.38. The molecule has 0 radical (unpaired) electrons. The van der Waals surface area contributed by atoms with Gasteiger partial charge in [-0.3, -0.25) is 9.48 Å². The fourth-order valence-corrected chi connectivity index (χ4v) is 7.34. The summed E-state index contributed by atoms with van der Waals surface area (Å²) in [5.41, 5.74) is 0.00115. The number of nitrogens with one attached hydrogen (secondary N) is 2. The molecule has 1 saturated heterocycles. The number of aromatic amines is 1. The summed E-state index contributed by atoms with van der Waals surface area (Å²) in [6.07, 6.45) is 1.34. The van der Waals surface area contributed by atoms with Crippen molar-refractivity contribution in [2.45, 2.75) is 62.6 Å². The summed E-state index contributed by atoms with van der Waals surface area (Å²) >= 11 is 0. The van der Waals surface area contributed by atoms with Gasteiger partial charge >= 0.3 is 6.09 Å². The Bertz CT molecular complexity index is 1640. The number of pyridine rings is 1. The van der Waals surface area contributed by atoms with Crippen LogP contribution < -0.4 is 10.9 Å². The van der Waals surface area contributed by atoms with Crippen molar-refractivity contribution >= 4 is 38.5 Å². The first-order chi connectivity index (χ1) is 17.9. The molecule has 0 atom stereocenters.